The van der Waals surface area contributed by atoms with E-state index in [0.717, 1.165) is 23.7 Å². The van der Waals surface area contributed by atoms with Gasteiger partial charge in [0.25, 0.3) is 11.8 Å². The number of methoxy groups -OCH3 is 3. The van der Waals surface area contributed by atoms with Crippen LogP contribution in [-0.4, -0.2) is 256 Å². The van der Waals surface area contributed by atoms with Crippen molar-refractivity contribution in [2.24, 2.45) is 17.0 Å². The van der Waals surface area contributed by atoms with Gasteiger partial charge < -0.3 is 92.6 Å². The van der Waals surface area contributed by atoms with Crippen molar-refractivity contribution in [3.8, 4) is 40.9 Å². The maximum Gasteiger partial charge on any atom is 0.310 e. The third-order valence-electron chi connectivity index (χ3n) is 22.7. The Labute approximate surface area is 756 Å². The molecule has 686 valence electrons. The zero-order chi connectivity index (χ0) is 91.0. The number of rotatable bonds is 45. The number of aliphatic hydroxyl groups excluding tert-OH is 4. The lowest BCUT2D eigenvalue weighted by molar-refractivity contribution is -0.335. The third-order valence-corrected chi connectivity index (χ3v) is 28.6. The number of carbonyl (C=O) groups is 9. The Kier molecular flexibility index (Phi) is 39.6. The number of carbonyl (C=O) groups excluding carboxylic acids is 9. The molecular weight excluding hydrogens is 1790 g/mol. The lowest BCUT2D eigenvalue weighted by Gasteiger charge is -2.46. The van der Waals surface area contributed by atoms with E-state index in [0.29, 0.717) is 97.2 Å². The van der Waals surface area contributed by atoms with E-state index >= 15 is 0 Å². The van der Waals surface area contributed by atoms with Gasteiger partial charge >= 0.3 is 5.97 Å². The van der Waals surface area contributed by atoms with Crippen LogP contribution in [-0.2, 0) is 85.9 Å². The number of hydrogen-bond acceptors (Lipinski definition) is 32. The van der Waals surface area contributed by atoms with Crippen LogP contribution < -0.4 is 25.0 Å². The molecule has 4 fully saturated rings. The number of Topliss-reactive ketones (excluding diaryl/α,β-unsaturated/α-hetero) is 4. The lowest BCUT2D eigenvalue weighted by atomic mass is 9.72. The molecule has 2 aliphatic carbocycles. The summed E-state index contributed by atoms with van der Waals surface area (Å²) in [5, 5.41) is 64.9. The number of unbranched alkanes of at least 4 members (excludes halogenated alkanes) is 2. The predicted octanol–water partition coefficient (Wildman–Crippen LogP) is 9.17. The standard InChI is InChI=1S/C90H119IN4O27S3/c1-50-44-72(114-49-59(50)45-51(2)96)120-84-79(106)77(94-122-73-47-65(99)85(57(8)116-73)124-86(108)74-52(3)76(91)82(53(4)81(74)111-12)121-87-80(107)83(112-13)78(105)56(7)118-87)55(6)117-88(84)119-67-27-18-14-15-19-37-90(109)48-66(100)63(46-71(104)110-11)75(67)64(90)36-43-123-125-89(9,10)38-35-61(98)26-22-42-115-93-54(5)58-29-31-62(32-30-58)113-41-23-28-68(101)92-39-21-25-60(97)24-17-16-20-40-95-69(102)33-34-70(95)103/h14-15,29-34,36,50,55-57,59,65,67,72-73,77-80,83-85,87-88,94,99,105-107,109H,16-17,20-26,28,35,38-49H2,1-13H3,(H,92,101)/b15-14-,64-36-,93-54-/t50?,55?,56?,57?,59?,65?,67-,72?,73?,77?,78?,79?,80?,83?,84?,85?,87?,88?,90-/m0/s1. The molecule has 7 aliphatic rings. The van der Waals surface area contributed by atoms with Gasteiger partial charge in [0, 0.05) is 117 Å². The van der Waals surface area contributed by atoms with E-state index in [-0.39, 0.29) is 138 Å². The minimum Gasteiger partial charge on any atom is -0.496 e. The number of hydrogen-bond donors (Lipinski definition) is 7. The molecule has 9 rings (SSSR count). The number of amides is 3. The molecule has 2 aromatic rings. The second-order valence-corrected chi connectivity index (χ2v) is 38.1. The summed E-state index contributed by atoms with van der Waals surface area (Å²) in [5.74, 6) is 10.8. The van der Waals surface area contributed by atoms with Crippen molar-refractivity contribution >= 4 is 114 Å². The van der Waals surface area contributed by atoms with Crippen LogP contribution in [0.25, 0.3) is 0 Å². The van der Waals surface area contributed by atoms with Gasteiger partial charge in [-0.05, 0) is 183 Å². The number of aliphatic hydroxyl groups is 5. The van der Waals surface area contributed by atoms with E-state index in [2.05, 4.69) is 39.6 Å². The normalized spacial score (nSPS) is 28.7. The number of nitrogens with one attached hydrogen (secondary N) is 2. The van der Waals surface area contributed by atoms with Gasteiger partial charge in [-0.3, -0.25) is 48.1 Å². The quantitative estimate of drug-likeness (QED) is 0.00474. The van der Waals surface area contributed by atoms with Crippen molar-refractivity contribution in [3.05, 3.63) is 97.2 Å². The molecule has 0 radical (unpaired) electrons. The summed E-state index contributed by atoms with van der Waals surface area (Å²) in [5.41, 5.74) is 3.40. The molecule has 0 aromatic heterocycles. The molecule has 0 spiro atoms. The molecule has 4 saturated heterocycles. The van der Waals surface area contributed by atoms with Gasteiger partial charge in [-0.2, -0.15) is 5.48 Å². The molecular formula is C90H119IN4O27S3. The van der Waals surface area contributed by atoms with Gasteiger partial charge in [0.2, 0.25) is 17.3 Å². The molecule has 5 heterocycles. The van der Waals surface area contributed by atoms with E-state index < -0.39 is 138 Å². The Morgan fingerprint density at radius 1 is 0.768 bits per heavy atom. The zero-order valence-corrected chi connectivity index (χ0v) is 77.7. The number of benzene rings is 2. The highest BCUT2D eigenvalue weighted by Crippen LogP contribution is 2.47. The Bertz CT molecular complexity index is 4410. The SMILES string of the molecule is COC(=O)CC1=C2/C(=C/CSSC(C)(C)CCC(=O)CCCO/N=C(/C)c3ccc(OCCCC(=O)NCCCC(=O)CCCCCN4C(=O)C=CC4=O)cc3)[C@](O)(C#C/C=C\C#C[C@@H]2OC2OC(C)C(NOC3CC(O)C(SC(=O)c4c(C)c(I)c(OC5OC(C)C(O)C(OC)C5O)c(C)c4OC)C(C)O3)C(O)C2OC2CC(C)C(CC(C)=O)CO2)CC1=O. The van der Waals surface area contributed by atoms with Gasteiger partial charge in [-0.25, -0.2) is 0 Å². The summed E-state index contributed by atoms with van der Waals surface area (Å²) in [4.78, 5) is 129. The molecule has 3 amide bonds. The summed E-state index contributed by atoms with van der Waals surface area (Å²) < 4.78 is 67.4. The number of fused-ring (bicyclic) bond motifs is 2. The first-order valence-corrected chi connectivity index (χ1v) is 46.6. The average molecular weight is 1910 g/mol. The van der Waals surface area contributed by atoms with E-state index in [1.54, 1.807) is 52.8 Å². The number of ether oxygens (including phenoxy) is 11. The van der Waals surface area contributed by atoms with Crippen LogP contribution in [0.5, 0.6) is 17.2 Å². The second kappa shape index (κ2) is 48.6. The Morgan fingerprint density at radius 2 is 1.46 bits per heavy atom. The Balaban J connectivity index is 0.779. The number of nitrogens with zero attached hydrogens (tertiary/aromatic N) is 2. The summed E-state index contributed by atoms with van der Waals surface area (Å²) in [7, 11) is 6.89. The smallest absolute Gasteiger partial charge is 0.310 e. The number of esters is 1. The van der Waals surface area contributed by atoms with Crippen LogP contribution in [0.4, 0.5) is 0 Å². The van der Waals surface area contributed by atoms with Gasteiger partial charge in [0.15, 0.2) is 30.3 Å². The molecule has 19 atom stereocenters. The molecule has 35 heteroatoms. The van der Waals surface area contributed by atoms with Crippen LogP contribution >= 0.6 is 55.9 Å². The van der Waals surface area contributed by atoms with Gasteiger partial charge in [0.1, 0.15) is 77.8 Å². The Morgan fingerprint density at radius 3 is 2.16 bits per heavy atom. The largest absolute Gasteiger partial charge is 0.496 e. The highest BCUT2D eigenvalue weighted by Gasteiger charge is 2.52. The minimum absolute atomic E-state index is 0.0112. The summed E-state index contributed by atoms with van der Waals surface area (Å²) in [6, 6.07) is 6.17. The maximum absolute atomic E-state index is 14.6. The number of halogens is 1. The fourth-order valence-corrected chi connectivity index (χ4v) is 19.8. The molecule has 125 heavy (non-hydrogen) atoms. The fraction of sp³-hybridized carbons (Fsp3) is 0.622. The predicted molar refractivity (Wildman–Crippen MR) is 474 cm³/mol. The molecule has 2 bridgehead atoms. The summed E-state index contributed by atoms with van der Waals surface area (Å²) in [6.45, 7) is 19.1. The number of allylic oxidation sites excluding steroid dienone is 2. The van der Waals surface area contributed by atoms with Crippen LogP contribution in [0.1, 0.15) is 192 Å². The van der Waals surface area contributed by atoms with Crippen LogP contribution in [0.2, 0.25) is 0 Å². The average Bonchev–Trinajstić information content (AvgIpc) is 0.820. The van der Waals surface area contributed by atoms with Gasteiger partial charge in [0.05, 0.1) is 90.8 Å². The molecule has 7 N–H and O–H groups in total. The summed E-state index contributed by atoms with van der Waals surface area (Å²) in [6.07, 6.45) is -4.73. The number of ketones is 4. The molecule has 5 aliphatic heterocycles. The number of thioether (sulfide) groups is 1. The van der Waals surface area contributed by atoms with E-state index in [9.17, 15) is 68.7 Å². The molecule has 17 unspecified atom stereocenters. The van der Waals surface area contributed by atoms with Crippen LogP contribution in [0.15, 0.2) is 76.5 Å². The van der Waals surface area contributed by atoms with E-state index in [4.69, 9.17) is 61.8 Å². The van der Waals surface area contributed by atoms with Gasteiger partial charge in [-0.15, -0.1) is 0 Å². The molecule has 2 aromatic carbocycles. The maximum atomic E-state index is 14.6. The lowest BCUT2D eigenvalue weighted by Crippen LogP contribution is -2.64. The fourth-order valence-electron chi connectivity index (χ4n) is 15.5. The summed E-state index contributed by atoms with van der Waals surface area (Å²) >= 11 is 2.90. The number of hydroxylamine groups is 1. The topological polar surface area (TPSA) is 414 Å². The van der Waals surface area contributed by atoms with Crippen LogP contribution in [0, 0.1) is 52.9 Å². The first kappa shape index (κ1) is 102. The third kappa shape index (κ3) is 28.5. The second-order valence-electron chi connectivity index (χ2n) is 32.8. The van der Waals surface area contributed by atoms with Crippen molar-refractivity contribution in [2.75, 3.05) is 60.0 Å². The minimum atomic E-state index is -2.15. The van der Waals surface area contributed by atoms with E-state index in [1.807, 2.05) is 62.4 Å². The zero-order valence-electron chi connectivity index (χ0n) is 73.1. The van der Waals surface area contributed by atoms with Crippen molar-refractivity contribution in [3.63, 3.8) is 0 Å². The molecule has 0 saturated carbocycles. The number of oxime groups is 1. The highest BCUT2D eigenvalue weighted by atomic mass is 127. The molecule has 31 nitrogen and oxygen atoms in total. The Hall–Kier alpha value is -6.96. The van der Waals surface area contributed by atoms with Crippen molar-refractivity contribution < 1.29 is 130 Å². The van der Waals surface area contributed by atoms with Crippen molar-refractivity contribution in [2.45, 2.75) is 286 Å². The first-order valence-electron chi connectivity index (χ1n) is 42.3. The highest BCUT2D eigenvalue weighted by molar-refractivity contribution is 14.1. The van der Waals surface area contributed by atoms with Crippen molar-refractivity contribution in [1.82, 2.24) is 15.7 Å². The van der Waals surface area contributed by atoms with Gasteiger partial charge in [-0.1, -0.05) is 81.6 Å². The van der Waals surface area contributed by atoms with Crippen LogP contribution in [0.3, 0.4) is 0 Å². The first-order chi connectivity index (χ1) is 59.5. The monoisotopic (exact) mass is 1910 g/mol. The van der Waals surface area contributed by atoms with Crippen molar-refractivity contribution in [1.29, 1.82) is 0 Å². The van der Waals surface area contributed by atoms with E-state index in [1.165, 1.54) is 79.0 Å². The number of imide groups is 1.